The summed E-state index contributed by atoms with van der Waals surface area (Å²) in [5.41, 5.74) is 4.25. The van der Waals surface area contributed by atoms with Crippen molar-refractivity contribution in [3.05, 3.63) is 69.6 Å². The minimum Gasteiger partial charge on any atom is -0.478 e. The fourth-order valence-corrected chi connectivity index (χ4v) is 2.87. The Morgan fingerprint density at radius 3 is 2.76 bits per heavy atom. The van der Waals surface area contributed by atoms with Crippen LogP contribution in [0, 0.1) is 6.92 Å². The largest absolute Gasteiger partial charge is 0.478 e. The molecule has 0 fully saturated rings. The van der Waals surface area contributed by atoms with Gasteiger partial charge in [0.1, 0.15) is 11.5 Å². The Morgan fingerprint density at radius 1 is 1.24 bits per heavy atom. The number of hydrazone groups is 1. The maximum absolute atomic E-state index is 11.8. The van der Waals surface area contributed by atoms with E-state index in [4.69, 9.17) is 9.52 Å². The second-order valence-corrected chi connectivity index (χ2v) is 6.16. The third kappa shape index (κ3) is 3.84. The van der Waals surface area contributed by atoms with Crippen molar-refractivity contribution in [3.63, 3.8) is 0 Å². The van der Waals surface area contributed by atoms with Gasteiger partial charge in [-0.1, -0.05) is 12.1 Å². The van der Waals surface area contributed by atoms with Gasteiger partial charge in [-0.15, -0.1) is 11.3 Å². The summed E-state index contributed by atoms with van der Waals surface area (Å²) in [6, 6.07) is 11.8. The number of nitrogens with zero attached hydrogens (tertiary/aromatic N) is 1. The van der Waals surface area contributed by atoms with Crippen molar-refractivity contribution in [1.82, 2.24) is 5.43 Å². The number of carbonyl (C=O) groups is 2. The Kier molecular flexibility index (Phi) is 4.76. The summed E-state index contributed by atoms with van der Waals surface area (Å²) in [6.07, 6.45) is 1.41. The molecule has 6 nitrogen and oxygen atoms in total. The Hall–Kier alpha value is -3.19. The molecule has 3 aromatic rings. The molecule has 25 heavy (non-hydrogen) atoms. The first-order chi connectivity index (χ1) is 12.0. The number of amides is 1. The van der Waals surface area contributed by atoms with Gasteiger partial charge in [0, 0.05) is 5.56 Å². The van der Waals surface area contributed by atoms with Crippen LogP contribution >= 0.6 is 11.3 Å². The number of carbonyl (C=O) groups excluding carboxylic acids is 1. The van der Waals surface area contributed by atoms with Crippen LogP contribution in [0.1, 0.15) is 31.4 Å². The minimum absolute atomic E-state index is 0.228. The molecule has 7 heteroatoms. The number of furan rings is 1. The molecule has 2 heterocycles. The first kappa shape index (κ1) is 16.7. The van der Waals surface area contributed by atoms with Crippen molar-refractivity contribution in [2.24, 2.45) is 5.10 Å². The lowest BCUT2D eigenvalue weighted by Crippen LogP contribution is -2.15. The lowest BCUT2D eigenvalue weighted by Gasteiger charge is -2.03. The zero-order valence-electron chi connectivity index (χ0n) is 13.2. The SMILES string of the molecule is Cc1cc(C(=O)O)ccc1-c1ccc(/C=N\NC(=O)c2cccs2)o1. The van der Waals surface area contributed by atoms with Crippen LogP contribution in [0.25, 0.3) is 11.3 Å². The van der Waals surface area contributed by atoms with Gasteiger partial charge in [-0.25, -0.2) is 10.2 Å². The van der Waals surface area contributed by atoms with Gasteiger partial charge in [0.15, 0.2) is 0 Å². The van der Waals surface area contributed by atoms with Crippen molar-refractivity contribution in [1.29, 1.82) is 0 Å². The summed E-state index contributed by atoms with van der Waals surface area (Å²) in [5.74, 6) is -0.176. The molecule has 126 valence electrons. The van der Waals surface area contributed by atoms with E-state index in [1.165, 1.54) is 23.6 Å². The first-order valence-electron chi connectivity index (χ1n) is 7.35. The standard InChI is InChI=1S/C18H14N2O4S/c1-11-9-12(18(22)23)4-6-14(11)15-7-5-13(24-15)10-19-20-17(21)16-3-2-8-25-16/h2-10H,1H3,(H,20,21)(H,22,23)/b19-10-. The van der Waals surface area contributed by atoms with E-state index < -0.39 is 5.97 Å². The van der Waals surface area contributed by atoms with Gasteiger partial charge >= 0.3 is 5.97 Å². The fourth-order valence-electron chi connectivity index (χ4n) is 2.26. The Labute approximate surface area is 147 Å². The number of benzene rings is 1. The maximum atomic E-state index is 11.8. The molecule has 2 N–H and O–H groups in total. The third-order valence-electron chi connectivity index (χ3n) is 3.47. The summed E-state index contributed by atoms with van der Waals surface area (Å²) in [6.45, 7) is 1.82. The summed E-state index contributed by atoms with van der Waals surface area (Å²) in [5, 5.41) is 14.7. The number of thiophene rings is 1. The van der Waals surface area contributed by atoms with Crippen LogP contribution in [-0.4, -0.2) is 23.2 Å². The van der Waals surface area contributed by atoms with Crippen LogP contribution < -0.4 is 5.43 Å². The van der Waals surface area contributed by atoms with E-state index in [-0.39, 0.29) is 11.5 Å². The summed E-state index contributed by atoms with van der Waals surface area (Å²) in [4.78, 5) is 23.3. The zero-order chi connectivity index (χ0) is 17.8. The second kappa shape index (κ2) is 7.14. The normalized spacial score (nSPS) is 10.9. The number of hydrogen-bond acceptors (Lipinski definition) is 5. The van der Waals surface area contributed by atoms with Crippen molar-refractivity contribution in [2.45, 2.75) is 6.92 Å². The quantitative estimate of drug-likeness (QED) is 0.539. The number of carboxylic acid groups (broad SMARTS) is 1. The molecule has 0 bridgehead atoms. The van der Waals surface area contributed by atoms with E-state index >= 15 is 0 Å². The average molecular weight is 354 g/mol. The van der Waals surface area contributed by atoms with Gasteiger partial charge in [0.25, 0.3) is 5.91 Å². The van der Waals surface area contributed by atoms with E-state index in [2.05, 4.69) is 10.5 Å². The van der Waals surface area contributed by atoms with Crippen LogP contribution in [0.4, 0.5) is 0 Å². The van der Waals surface area contributed by atoms with Crippen LogP contribution in [0.15, 0.2) is 57.4 Å². The molecule has 0 aliphatic carbocycles. The van der Waals surface area contributed by atoms with Crippen LogP contribution in [0.5, 0.6) is 0 Å². The Morgan fingerprint density at radius 2 is 2.08 bits per heavy atom. The summed E-state index contributed by atoms with van der Waals surface area (Å²) in [7, 11) is 0. The molecule has 3 rings (SSSR count). The third-order valence-corrected chi connectivity index (χ3v) is 4.34. The topological polar surface area (TPSA) is 91.9 Å². The molecule has 0 saturated heterocycles. The molecule has 0 aliphatic heterocycles. The van der Waals surface area contributed by atoms with Gasteiger partial charge in [-0.05, 0) is 48.2 Å². The van der Waals surface area contributed by atoms with Crippen molar-refractivity contribution in [3.8, 4) is 11.3 Å². The molecule has 0 spiro atoms. The maximum Gasteiger partial charge on any atom is 0.335 e. The Balaban J connectivity index is 1.71. The van der Waals surface area contributed by atoms with Gasteiger partial charge in [0.2, 0.25) is 0 Å². The highest BCUT2D eigenvalue weighted by Crippen LogP contribution is 2.26. The van der Waals surface area contributed by atoms with Gasteiger partial charge in [0.05, 0.1) is 16.7 Å². The number of nitrogens with one attached hydrogen (secondary N) is 1. The fraction of sp³-hybridized carbons (Fsp3) is 0.0556. The van der Waals surface area contributed by atoms with E-state index in [0.29, 0.717) is 16.4 Å². The highest BCUT2D eigenvalue weighted by Gasteiger charge is 2.10. The molecule has 1 aromatic carbocycles. The minimum atomic E-state index is -0.969. The predicted molar refractivity (Wildman–Crippen MR) is 95.2 cm³/mol. The van der Waals surface area contributed by atoms with Crippen molar-refractivity contribution >= 4 is 29.4 Å². The molecule has 0 atom stereocenters. The zero-order valence-corrected chi connectivity index (χ0v) is 14.0. The lowest BCUT2D eigenvalue weighted by atomic mass is 10.0. The molecule has 0 aliphatic rings. The molecule has 0 saturated carbocycles. The lowest BCUT2D eigenvalue weighted by molar-refractivity contribution is 0.0696. The molecule has 0 unspecified atom stereocenters. The van der Waals surface area contributed by atoms with Crippen LogP contribution in [0.3, 0.4) is 0 Å². The van der Waals surface area contributed by atoms with E-state index in [9.17, 15) is 9.59 Å². The van der Waals surface area contributed by atoms with Gasteiger partial charge in [-0.3, -0.25) is 4.79 Å². The van der Waals surface area contributed by atoms with E-state index in [0.717, 1.165) is 11.1 Å². The highest BCUT2D eigenvalue weighted by molar-refractivity contribution is 7.12. The molecule has 1 amide bonds. The van der Waals surface area contributed by atoms with Gasteiger partial charge in [-0.2, -0.15) is 5.10 Å². The van der Waals surface area contributed by atoms with Crippen LogP contribution in [-0.2, 0) is 0 Å². The predicted octanol–water partition coefficient (Wildman–Crippen LogP) is 3.78. The monoisotopic (exact) mass is 354 g/mol. The van der Waals surface area contributed by atoms with E-state index in [1.54, 1.807) is 36.4 Å². The number of rotatable bonds is 5. The number of aromatic carboxylic acids is 1. The molecule has 2 aromatic heterocycles. The van der Waals surface area contributed by atoms with Crippen molar-refractivity contribution < 1.29 is 19.1 Å². The summed E-state index contributed by atoms with van der Waals surface area (Å²) < 4.78 is 5.68. The first-order valence-corrected chi connectivity index (χ1v) is 8.23. The molecular weight excluding hydrogens is 340 g/mol. The van der Waals surface area contributed by atoms with Crippen LogP contribution in [0.2, 0.25) is 0 Å². The number of hydrogen-bond donors (Lipinski definition) is 2. The van der Waals surface area contributed by atoms with Gasteiger partial charge < -0.3 is 9.52 Å². The Bertz CT molecular complexity index is 942. The number of carboxylic acids is 1. The second-order valence-electron chi connectivity index (χ2n) is 5.21. The highest BCUT2D eigenvalue weighted by atomic mass is 32.1. The molecule has 0 radical (unpaired) electrons. The van der Waals surface area contributed by atoms with Crippen molar-refractivity contribution in [2.75, 3.05) is 0 Å². The number of aryl methyl sites for hydroxylation is 1. The smallest absolute Gasteiger partial charge is 0.335 e. The average Bonchev–Trinajstić information content (AvgIpc) is 3.26. The molecular formula is C18H14N2O4S. The van der Waals surface area contributed by atoms with E-state index in [1.807, 2.05) is 12.3 Å². The summed E-state index contributed by atoms with van der Waals surface area (Å²) >= 11 is 1.33.